The van der Waals surface area contributed by atoms with Crippen molar-refractivity contribution in [1.29, 1.82) is 0 Å². The van der Waals surface area contributed by atoms with E-state index in [2.05, 4.69) is 27.8 Å². The Balaban J connectivity index is 1.56. The van der Waals surface area contributed by atoms with E-state index in [0.717, 1.165) is 30.1 Å². The minimum absolute atomic E-state index is 0.200. The molecule has 0 saturated carbocycles. The Morgan fingerprint density at radius 2 is 2.14 bits per heavy atom. The van der Waals surface area contributed by atoms with E-state index in [1.165, 1.54) is 5.69 Å². The first kappa shape index (κ1) is 15.1. The highest BCUT2D eigenvalue weighted by molar-refractivity contribution is 8.00. The molecule has 1 aliphatic rings. The molecule has 0 spiro atoms. The monoisotopic (exact) mass is 316 g/mol. The van der Waals surface area contributed by atoms with Gasteiger partial charge in [0.05, 0.1) is 17.5 Å². The van der Waals surface area contributed by atoms with Crippen molar-refractivity contribution >= 4 is 17.7 Å². The summed E-state index contributed by atoms with van der Waals surface area (Å²) in [5, 5.41) is 4.55. The number of nitrogens with zero attached hydrogens (tertiary/aromatic N) is 4. The van der Waals surface area contributed by atoms with Gasteiger partial charge in [0.25, 0.3) is 0 Å². The zero-order valence-corrected chi connectivity index (χ0v) is 13.7. The zero-order valence-electron chi connectivity index (χ0n) is 12.9. The minimum atomic E-state index is 0.200. The Labute approximate surface area is 134 Å². The number of rotatable bonds is 4. The van der Waals surface area contributed by atoms with Gasteiger partial charge in [-0.15, -0.1) is 11.8 Å². The molecule has 5 nitrogen and oxygen atoms in total. The maximum Gasteiger partial charge on any atom is 0.233 e. The van der Waals surface area contributed by atoms with Crippen molar-refractivity contribution in [3.8, 4) is 0 Å². The molecular weight excluding hydrogens is 296 g/mol. The minimum Gasteiger partial charge on any atom is -0.340 e. The first-order chi connectivity index (χ1) is 10.6. The normalized spacial score (nSPS) is 17.9. The van der Waals surface area contributed by atoms with E-state index in [1.54, 1.807) is 24.2 Å². The van der Waals surface area contributed by atoms with Crippen LogP contribution in [0.25, 0.3) is 0 Å². The Morgan fingerprint density at radius 1 is 1.36 bits per heavy atom. The molecular formula is C16H20N4OS. The van der Waals surface area contributed by atoms with Gasteiger partial charge < -0.3 is 4.90 Å². The standard InChI is InChI=1S/C16H20N4OS/c1-12-9-13(2)20(18-12)14-5-8-19(10-14)16(21)11-22-15-3-6-17-7-4-15/h3-4,6-7,9,14H,5,8,10-11H2,1-2H3/t14-/m0/s1. The molecule has 0 aliphatic carbocycles. The quantitative estimate of drug-likeness (QED) is 0.813. The average molecular weight is 316 g/mol. The van der Waals surface area contributed by atoms with Crippen LogP contribution in [0.5, 0.6) is 0 Å². The molecule has 0 bridgehead atoms. The van der Waals surface area contributed by atoms with Crippen LogP contribution in [0.4, 0.5) is 0 Å². The number of aryl methyl sites for hydroxylation is 2. The number of aromatic nitrogens is 3. The summed E-state index contributed by atoms with van der Waals surface area (Å²) in [5.41, 5.74) is 2.21. The zero-order chi connectivity index (χ0) is 15.5. The van der Waals surface area contributed by atoms with Crippen LogP contribution in [0.3, 0.4) is 0 Å². The van der Waals surface area contributed by atoms with Gasteiger partial charge in [0, 0.05) is 36.1 Å². The van der Waals surface area contributed by atoms with Crippen LogP contribution in [0.15, 0.2) is 35.5 Å². The second-order valence-corrected chi connectivity index (χ2v) is 6.67. The fourth-order valence-corrected chi connectivity index (χ4v) is 3.64. The molecule has 116 valence electrons. The summed E-state index contributed by atoms with van der Waals surface area (Å²) in [6.45, 7) is 5.66. The lowest BCUT2D eigenvalue weighted by molar-refractivity contribution is -0.127. The Kier molecular flexibility index (Phi) is 4.47. The summed E-state index contributed by atoms with van der Waals surface area (Å²) >= 11 is 1.57. The molecule has 1 atom stereocenters. The third kappa shape index (κ3) is 3.32. The van der Waals surface area contributed by atoms with E-state index in [1.807, 2.05) is 24.0 Å². The van der Waals surface area contributed by atoms with Crippen LogP contribution in [0.1, 0.15) is 23.9 Å². The van der Waals surface area contributed by atoms with Crippen molar-refractivity contribution in [2.75, 3.05) is 18.8 Å². The van der Waals surface area contributed by atoms with Crippen LogP contribution < -0.4 is 0 Å². The third-order valence-corrected chi connectivity index (χ3v) is 4.92. The largest absolute Gasteiger partial charge is 0.340 e. The van der Waals surface area contributed by atoms with Crippen molar-refractivity contribution in [2.24, 2.45) is 0 Å². The van der Waals surface area contributed by atoms with Crippen molar-refractivity contribution in [3.05, 3.63) is 42.0 Å². The molecule has 1 saturated heterocycles. The average Bonchev–Trinajstić information content (AvgIpc) is 3.12. The Hall–Kier alpha value is -1.82. The molecule has 3 heterocycles. The van der Waals surface area contributed by atoms with Gasteiger partial charge in [-0.3, -0.25) is 14.5 Å². The number of pyridine rings is 1. The number of carbonyl (C=O) groups excluding carboxylic acids is 1. The van der Waals surface area contributed by atoms with Gasteiger partial charge in [0.2, 0.25) is 5.91 Å². The number of carbonyl (C=O) groups is 1. The van der Waals surface area contributed by atoms with Gasteiger partial charge in [0.1, 0.15) is 0 Å². The molecule has 6 heteroatoms. The highest BCUT2D eigenvalue weighted by Crippen LogP contribution is 2.24. The molecule has 0 radical (unpaired) electrons. The van der Waals surface area contributed by atoms with Crippen LogP contribution in [0, 0.1) is 13.8 Å². The van der Waals surface area contributed by atoms with Crippen LogP contribution in [-0.2, 0) is 4.79 Å². The van der Waals surface area contributed by atoms with Crippen molar-refractivity contribution in [2.45, 2.75) is 31.2 Å². The molecule has 0 unspecified atom stereocenters. The Bertz CT molecular complexity index is 655. The Morgan fingerprint density at radius 3 is 2.82 bits per heavy atom. The van der Waals surface area contributed by atoms with E-state index in [-0.39, 0.29) is 5.91 Å². The van der Waals surface area contributed by atoms with E-state index >= 15 is 0 Å². The summed E-state index contributed by atoms with van der Waals surface area (Å²) < 4.78 is 2.07. The number of thioether (sulfide) groups is 1. The molecule has 1 amide bonds. The summed E-state index contributed by atoms with van der Waals surface area (Å²) in [6, 6.07) is 6.26. The smallest absolute Gasteiger partial charge is 0.233 e. The predicted molar refractivity (Wildman–Crippen MR) is 86.9 cm³/mol. The van der Waals surface area contributed by atoms with E-state index in [0.29, 0.717) is 11.8 Å². The van der Waals surface area contributed by atoms with Gasteiger partial charge >= 0.3 is 0 Å². The lowest BCUT2D eigenvalue weighted by Crippen LogP contribution is -2.30. The maximum atomic E-state index is 12.3. The molecule has 0 aromatic carbocycles. The molecule has 3 rings (SSSR count). The van der Waals surface area contributed by atoms with Crippen molar-refractivity contribution in [3.63, 3.8) is 0 Å². The fourth-order valence-electron chi connectivity index (χ4n) is 2.85. The maximum absolute atomic E-state index is 12.3. The first-order valence-electron chi connectivity index (χ1n) is 7.47. The predicted octanol–water partition coefficient (Wildman–Crippen LogP) is 2.46. The number of hydrogen-bond donors (Lipinski definition) is 0. The van der Waals surface area contributed by atoms with Gasteiger partial charge in [-0.2, -0.15) is 5.10 Å². The third-order valence-electron chi connectivity index (χ3n) is 3.92. The lowest BCUT2D eigenvalue weighted by Gasteiger charge is -2.17. The molecule has 2 aromatic heterocycles. The van der Waals surface area contributed by atoms with Gasteiger partial charge in [-0.25, -0.2) is 0 Å². The summed E-state index contributed by atoms with van der Waals surface area (Å²) in [7, 11) is 0. The molecule has 1 fully saturated rings. The van der Waals surface area contributed by atoms with E-state index in [4.69, 9.17) is 0 Å². The molecule has 22 heavy (non-hydrogen) atoms. The highest BCUT2D eigenvalue weighted by atomic mass is 32.2. The number of likely N-dealkylation sites (tertiary alicyclic amines) is 1. The number of amides is 1. The van der Waals surface area contributed by atoms with Crippen LogP contribution >= 0.6 is 11.8 Å². The first-order valence-corrected chi connectivity index (χ1v) is 8.45. The van der Waals surface area contributed by atoms with Crippen molar-refractivity contribution < 1.29 is 4.79 Å². The van der Waals surface area contributed by atoms with Gasteiger partial charge in [-0.1, -0.05) is 0 Å². The van der Waals surface area contributed by atoms with E-state index < -0.39 is 0 Å². The lowest BCUT2D eigenvalue weighted by atomic mass is 10.2. The fraction of sp³-hybridized carbons (Fsp3) is 0.438. The van der Waals surface area contributed by atoms with Crippen LogP contribution in [-0.4, -0.2) is 44.4 Å². The second kappa shape index (κ2) is 6.52. The highest BCUT2D eigenvalue weighted by Gasteiger charge is 2.28. The molecule has 1 aliphatic heterocycles. The molecule has 0 N–H and O–H groups in total. The summed E-state index contributed by atoms with van der Waals surface area (Å²) in [6.07, 6.45) is 4.48. The summed E-state index contributed by atoms with van der Waals surface area (Å²) in [4.78, 5) is 19.4. The topological polar surface area (TPSA) is 51.0 Å². The van der Waals surface area contributed by atoms with Gasteiger partial charge in [0.15, 0.2) is 0 Å². The SMILES string of the molecule is Cc1cc(C)n([C@H]2CCN(C(=O)CSc3ccncc3)C2)n1. The van der Waals surface area contributed by atoms with Crippen LogP contribution in [0.2, 0.25) is 0 Å². The second-order valence-electron chi connectivity index (χ2n) is 5.63. The number of hydrogen-bond acceptors (Lipinski definition) is 4. The van der Waals surface area contributed by atoms with Gasteiger partial charge in [-0.05, 0) is 38.5 Å². The van der Waals surface area contributed by atoms with E-state index in [9.17, 15) is 4.79 Å². The summed E-state index contributed by atoms with van der Waals surface area (Å²) in [5.74, 6) is 0.680. The molecule has 2 aromatic rings. The van der Waals surface area contributed by atoms with Crippen molar-refractivity contribution in [1.82, 2.24) is 19.7 Å².